The van der Waals surface area contributed by atoms with Crippen molar-refractivity contribution in [3.8, 4) is 11.4 Å². The molecule has 3 aromatic rings. The maximum absolute atomic E-state index is 12.8. The molecule has 1 aliphatic rings. The Bertz CT molecular complexity index is 903. The molecule has 0 unspecified atom stereocenters. The third kappa shape index (κ3) is 3.72. The van der Waals surface area contributed by atoms with Crippen LogP contribution in [0, 0.1) is 0 Å². The van der Waals surface area contributed by atoms with Crippen LogP contribution in [0.5, 0.6) is 0 Å². The number of urea groups is 1. The average molecular weight is 348 g/mol. The summed E-state index contributed by atoms with van der Waals surface area (Å²) in [6.45, 7) is 0.561. The van der Waals surface area contributed by atoms with Gasteiger partial charge in [0.15, 0.2) is 5.82 Å². The maximum atomic E-state index is 12.8. The van der Waals surface area contributed by atoms with Crippen LogP contribution in [-0.4, -0.2) is 36.7 Å². The van der Waals surface area contributed by atoms with Gasteiger partial charge in [-0.15, -0.1) is 0 Å². The van der Waals surface area contributed by atoms with Crippen LogP contribution in [-0.2, 0) is 13.6 Å². The van der Waals surface area contributed by atoms with E-state index in [0.717, 1.165) is 29.7 Å². The predicted molar refractivity (Wildman–Crippen MR) is 98.3 cm³/mol. The molecular weight excluding hydrogens is 328 g/mol. The number of rotatable bonds is 5. The molecule has 132 valence electrons. The summed E-state index contributed by atoms with van der Waals surface area (Å²) in [7, 11) is 1.83. The van der Waals surface area contributed by atoms with Crippen molar-refractivity contribution < 1.29 is 4.79 Å². The second-order valence-corrected chi connectivity index (χ2v) is 6.47. The number of nitrogens with one attached hydrogen (secondary N) is 1. The Morgan fingerprint density at radius 3 is 2.88 bits per heavy atom. The minimum Gasteiger partial charge on any atom is -0.317 e. The Balaban J connectivity index is 1.49. The first kappa shape index (κ1) is 16.3. The highest BCUT2D eigenvalue weighted by atomic mass is 16.2. The minimum absolute atomic E-state index is 0.0949. The Kier molecular flexibility index (Phi) is 4.35. The summed E-state index contributed by atoms with van der Waals surface area (Å²) in [5.74, 6) is 0.637. The molecule has 2 aromatic heterocycles. The molecule has 1 aliphatic carbocycles. The molecule has 1 N–H and O–H groups in total. The van der Waals surface area contributed by atoms with E-state index < -0.39 is 0 Å². The SMILES string of the molecule is Cn1cnc(-c2cccc(NC(=O)N(Cc3cccnc3)C3CC3)c2)n1. The molecule has 7 heteroatoms. The van der Waals surface area contributed by atoms with Gasteiger partial charge in [-0.2, -0.15) is 5.10 Å². The highest BCUT2D eigenvalue weighted by molar-refractivity contribution is 5.90. The van der Waals surface area contributed by atoms with Crippen molar-refractivity contribution in [2.45, 2.75) is 25.4 Å². The van der Waals surface area contributed by atoms with Crippen LogP contribution >= 0.6 is 0 Å². The number of aryl methyl sites for hydroxylation is 1. The second-order valence-electron chi connectivity index (χ2n) is 6.47. The Morgan fingerprint density at radius 1 is 1.31 bits per heavy atom. The molecule has 1 fully saturated rings. The number of anilines is 1. The topological polar surface area (TPSA) is 75.9 Å². The number of benzene rings is 1. The smallest absolute Gasteiger partial charge is 0.317 e. The number of nitrogens with zero attached hydrogens (tertiary/aromatic N) is 5. The number of carbonyl (C=O) groups is 1. The Labute approximate surface area is 151 Å². The molecular formula is C19H20N6O. The summed E-state index contributed by atoms with van der Waals surface area (Å²) in [4.78, 5) is 23.1. The van der Waals surface area contributed by atoms with Gasteiger partial charge >= 0.3 is 6.03 Å². The molecule has 0 aliphatic heterocycles. The lowest BCUT2D eigenvalue weighted by molar-refractivity contribution is 0.206. The highest BCUT2D eigenvalue weighted by Gasteiger charge is 2.32. The first-order valence-electron chi connectivity index (χ1n) is 8.61. The third-order valence-corrected chi connectivity index (χ3v) is 4.30. The van der Waals surface area contributed by atoms with Gasteiger partial charge in [-0.05, 0) is 36.6 Å². The summed E-state index contributed by atoms with van der Waals surface area (Å²) in [6, 6.07) is 11.7. The first-order valence-corrected chi connectivity index (χ1v) is 8.61. The fraction of sp³-hybridized carbons (Fsp3) is 0.263. The van der Waals surface area contributed by atoms with Crippen molar-refractivity contribution in [2.24, 2.45) is 7.05 Å². The van der Waals surface area contributed by atoms with Crippen LogP contribution in [0.4, 0.5) is 10.5 Å². The highest BCUT2D eigenvalue weighted by Crippen LogP contribution is 2.29. The van der Waals surface area contributed by atoms with Crippen molar-refractivity contribution in [2.75, 3.05) is 5.32 Å². The van der Waals surface area contributed by atoms with Crippen molar-refractivity contribution in [1.29, 1.82) is 0 Å². The number of pyridine rings is 1. The van der Waals surface area contributed by atoms with E-state index in [4.69, 9.17) is 0 Å². The number of hydrogen-bond acceptors (Lipinski definition) is 4. The normalized spacial score (nSPS) is 13.4. The monoisotopic (exact) mass is 348 g/mol. The molecule has 0 atom stereocenters. The van der Waals surface area contributed by atoms with Gasteiger partial charge in [-0.1, -0.05) is 18.2 Å². The van der Waals surface area contributed by atoms with Gasteiger partial charge in [-0.25, -0.2) is 9.78 Å². The van der Waals surface area contributed by atoms with Gasteiger partial charge in [-0.3, -0.25) is 9.67 Å². The second kappa shape index (κ2) is 6.95. The number of aromatic nitrogens is 4. The fourth-order valence-corrected chi connectivity index (χ4v) is 2.84. The van der Waals surface area contributed by atoms with Crippen LogP contribution in [0.15, 0.2) is 55.1 Å². The number of carbonyl (C=O) groups excluding carboxylic acids is 1. The lowest BCUT2D eigenvalue weighted by Crippen LogP contribution is -2.36. The van der Waals surface area contributed by atoms with E-state index >= 15 is 0 Å². The van der Waals surface area contributed by atoms with Gasteiger partial charge < -0.3 is 10.2 Å². The zero-order valence-corrected chi connectivity index (χ0v) is 14.5. The van der Waals surface area contributed by atoms with Crippen LogP contribution in [0.25, 0.3) is 11.4 Å². The van der Waals surface area contributed by atoms with Crippen LogP contribution in [0.2, 0.25) is 0 Å². The molecule has 1 aromatic carbocycles. The van der Waals surface area contributed by atoms with E-state index in [9.17, 15) is 4.79 Å². The van der Waals surface area contributed by atoms with E-state index in [-0.39, 0.29) is 6.03 Å². The fourth-order valence-electron chi connectivity index (χ4n) is 2.84. The Morgan fingerprint density at radius 2 is 2.19 bits per heavy atom. The molecule has 0 radical (unpaired) electrons. The number of hydrogen-bond donors (Lipinski definition) is 1. The Hall–Kier alpha value is -3.22. The quantitative estimate of drug-likeness (QED) is 0.769. The van der Waals surface area contributed by atoms with Gasteiger partial charge in [0.1, 0.15) is 6.33 Å². The van der Waals surface area contributed by atoms with E-state index in [0.29, 0.717) is 18.4 Å². The van der Waals surface area contributed by atoms with Crippen molar-refractivity contribution in [3.63, 3.8) is 0 Å². The standard InChI is InChI=1S/C19H20N6O/c1-24-13-21-18(23-24)15-5-2-6-16(10-15)22-19(26)25(17-7-8-17)12-14-4-3-9-20-11-14/h2-6,9-11,13,17H,7-8,12H2,1H3,(H,22,26). The number of amides is 2. The minimum atomic E-state index is -0.0949. The molecule has 0 spiro atoms. The molecule has 26 heavy (non-hydrogen) atoms. The molecule has 2 amide bonds. The summed E-state index contributed by atoms with van der Waals surface area (Å²) < 4.78 is 1.66. The molecule has 0 bridgehead atoms. The van der Waals surface area contributed by atoms with E-state index in [2.05, 4.69) is 20.4 Å². The van der Waals surface area contributed by atoms with Crippen molar-refractivity contribution >= 4 is 11.7 Å². The molecule has 1 saturated carbocycles. The molecule has 4 rings (SSSR count). The first-order chi connectivity index (χ1) is 12.7. The third-order valence-electron chi connectivity index (χ3n) is 4.30. The summed E-state index contributed by atoms with van der Waals surface area (Å²) in [5.41, 5.74) is 2.63. The zero-order chi connectivity index (χ0) is 17.9. The largest absolute Gasteiger partial charge is 0.322 e. The molecule has 7 nitrogen and oxygen atoms in total. The summed E-state index contributed by atoms with van der Waals surface area (Å²) in [5, 5.41) is 7.31. The van der Waals surface area contributed by atoms with Crippen LogP contribution in [0.3, 0.4) is 0 Å². The van der Waals surface area contributed by atoms with Crippen molar-refractivity contribution in [3.05, 3.63) is 60.7 Å². The zero-order valence-electron chi connectivity index (χ0n) is 14.5. The van der Waals surface area contributed by atoms with E-state index in [1.54, 1.807) is 23.4 Å². The lowest BCUT2D eigenvalue weighted by Gasteiger charge is -2.23. The van der Waals surface area contributed by atoms with Gasteiger partial charge in [0.2, 0.25) is 0 Å². The summed E-state index contributed by atoms with van der Waals surface area (Å²) >= 11 is 0. The van der Waals surface area contributed by atoms with Crippen molar-refractivity contribution in [1.82, 2.24) is 24.6 Å². The maximum Gasteiger partial charge on any atom is 0.322 e. The van der Waals surface area contributed by atoms with Crippen LogP contribution < -0.4 is 5.32 Å². The predicted octanol–water partition coefficient (Wildman–Crippen LogP) is 3.07. The van der Waals surface area contributed by atoms with Gasteiger partial charge in [0, 0.05) is 43.3 Å². The van der Waals surface area contributed by atoms with E-state index in [1.165, 1.54) is 0 Å². The average Bonchev–Trinajstić information content (AvgIpc) is 3.41. The molecule has 2 heterocycles. The van der Waals surface area contributed by atoms with E-state index in [1.807, 2.05) is 48.3 Å². The molecule has 0 saturated heterocycles. The lowest BCUT2D eigenvalue weighted by atomic mass is 10.2. The summed E-state index contributed by atoms with van der Waals surface area (Å²) in [6.07, 6.45) is 7.29. The van der Waals surface area contributed by atoms with Crippen LogP contribution in [0.1, 0.15) is 18.4 Å². The van der Waals surface area contributed by atoms with Gasteiger partial charge in [0.25, 0.3) is 0 Å². The van der Waals surface area contributed by atoms with Gasteiger partial charge in [0.05, 0.1) is 0 Å².